The van der Waals surface area contributed by atoms with Gasteiger partial charge in [-0.2, -0.15) is 5.21 Å². The number of benzene rings is 2. The monoisotopic (exact) mass is 421 g/mol. The summed E-state index contributed by atoms with van der Waals surface area (Å²) >= 11 is 0. The van der Waals surface area contributed by atoms with E-state index in [-0.39, 0.29) is 18.0 Å². The number of fused-ring (bicyclic) bond motifs is 1. The molecule has 2 aromatic carbocycles. The van der Waals surface area contributed by atoms with Gasteiger partial charge in [-0.05, 0) is 47.7 Å². The molecule has 0 saturated heterocycles. The van der Waals surface area contributed by atoms with Gasteiger partial charge >= 0.3 is 0 Å². The van der Waals surface area contributed by atoms with Gasteiger partial charge in [-0.1, -0.05) is 56.2 Å². The van der Waals surface area contributed by atoms with Gasteiger partial charge in [-0.15, -0.1) is 10.2 Å². The molecular formula is C23H27N5O3. The summed E-state index contributed by atoms with van der Waals surface area (Å²) in [6.07, 6.45) is 4.48. The Morgan fingerprint density at radius 2 is 1.77 bits per heavy atom. The lowest BCUT2D eigenvalue weighted by Crippen LogP contribution is -2.61. The molecule has 0 saturated carbocycles. The van der Waals surface area contributed by atoms with Crippen molar-refractivity contribution < 1.29 is 14.3 Å². The van der Waals surface area contributed by atoms with Gasteiger partial charge in [0.25, 0.3) is 5.72 Å². The standard InChI is InChI=1S/C23H27N5O3/c1-2-3-4-7-16-10-12-17(13-11-16)14-15-18(29)21-23(24,22-25-27-28-26-22)31-20-9-6-5-8-19(20)30-21/h5-6,8-13,21H,2-4,7,14-15,24H2,1H3,(H,25,26,27,28). The number of unbranched alkanes of at least 4 members (excludes halogenated alkanes) is 2. The molecule has 3 aromatic rings. The SMILES string of the molecule is CCCCCc1ccc(CCC(=O)C2Oc3ccccc3OC2(N)c2nn[nH]n2)cc1. The molecule has 8 nitrogen and oxygen atoms in total. The lowest BCUT2D eigenvalue weighted by atomic mass is 9.95. The van der Waals surface area contributed by atoms with Crippen LogP contribution in [0.1, 0.15) is 49.6 Å². The van der Waals surface area contributed by atoms with E-state index in [0.29, 0.717) is 17.9 Å². The third-order valence-electron chi connectivity index (χ3n) is 5.50. The Hall–Kier alpha value is -3.26. The van der Waals surface area contributed by atoms with Gasteiger partial charge in [-0.25, -0.2) is 0 Å². The molecule has 1 aliphatic heterocycles. The molecule has 8 heteroatoms. The van der Waals surface area contributed by atoms with Crippen LogP contribution in [0, 0.1) is 0 Å². The number of aryl methyl sites for hydroxylation is 2. The average molecular weight is 422 g/mol. The van der Waals surface area contributed by atoms with E-state index in [0.717, 1.165) is 12.0 Å². The molecule has 0 radical (unpaired) electrons. The minimum atomic E-state index is -1.67. The number of ether oxygens (including phenoxy) is 2. The molecule has 0 amide bonds. The number of ketones is 1. The third-order valence-corrected chi connectivity index (χ3v) is 5.50. The molecule has 0 spiro atoms. The minimum Gasteiger partial charge on any atom is -0.472 e. The van der Waals surface area contributed by atoms with Crippen molar-refractivity contribution in [2.24, 2.45) is 5.73 Å². The maximum atomic E-state index is 13.2. The molecule has 3 N–H and O–H groups in total. The smallest absolute Gasteiger partial charge is 0.267 e. The van der Waals surface area contributed by atoms with Crippen LogP contribution in [-0.2, 0) is 23.4 Å². The topological polar surface area (TPSA) is 116 Å². The maximum absolute atomic E-state index is 13.2. The van der Waals surface area contributed by atoms with Crippen LogP contribution < -0.4 is 15.2 Å². The Morgan fingerprint density at radius 3 is 2.45 bits per heavy atom. The molecule has 2 atom stereocenters. The quantitative estimate of drug-likeness (QED) is 0.510. The first-order valence-corrected chi connectivity index (χ1v) is 10.7. The number of carbonyl (C=O) groups excluding carboxylic acids is 1. The first-order chi connectivity index (χ1) is 15.1. The third kappa shape index (κ3) is 4.59. The summed E-state index contributed by atoms with van der Waals surface area (Å²) in [4.78, 5) is 13.2. The predicted molar refractivity (Wildman–Crippen MR) is 115 cm³/mol. The van der Waals surface area contributed by atoms with Crippen molar-refractivity contribution in [2.75, 3.05) is 0 Å². The van der Waals surface area contributed by atoms with Crippen LogP contribution in [0.2, 0.25) is 0 Å². The van der Waals surface area contributed by atoms with Crippen LogP contribution in [0.15, 0.2) is 48.5 Å². The van der Waals surface area contributed by atoms with Gasteiger partial charge in [0.05, 0.1) is 0 Å². The number of aromatic nitrogens is 4. The van der Waals surface area contributed by atoms with E-state index in [9.17, 15) is 4.79 Å². The Bertz CT molecular complexity index is 1010. The Morgan fingerprint density at radius 1 is 1.06 bits per heavy atom. The predicted octanol–water partition coefficient (Wildman–Crippen LogP) is 3.09. The highest BCUT2D eigenvalue weighted by Crippen LogP contribution is 2.40. The van der Waals surface area contributed by atoms with E-state index in [1.165, 1.54) is 24.8 Å². The molecule has 1 aliphatic rings. The van der Waals surface area contributed by atoms with Crippen LogP contribution in [0.5, 0.6) is 11.5 Å². The second kappa shape index (κ2) is 9.26. The van der Waals surface area contributed by atoms with E-state index in [1.807, 2.05) is 6.07 Å². The lowest BCUT2D eigenvalue weighted by Gasteiger charge is -2.38. The lowest BCUT2D eigenvalue weighted by molar-refractivity contribution is -0.143. The molecule has 1 aromatic heterocycles. The number of carbonyl (C=O) groups is 1. The summed E-state index contributed by atoms with van der Waals surface area (Å²) in [6, 6.07) is 15.5. The van der Waals surface area contributed by atoms with Gasteiger partial charge in [0, 0.05) is 6.42 Å². The molecule has 2 unspecified atom stereocenters. The molecule has 0 aliphatic carbocycles. The zero-order valence-electron chi connectivity index (χ0n) is 17.6. The van der Waals surface area contributed by atoms with E-state index < -0.39 is 11.8 Å². The number of nitrogens with two attached hydrogens (primary N) is 1. The highest BCUT2D eigenvalue weighted by Gasteiger charge is 2.52. The van der Waals surface area contributed by atoms with Gasteiger partial charge < -0.3 is 9.47 Å². The normalized spacial score (nSPS) is 19.9. The van der Waals surface area contributed by atoms with Gasteiger partial charge in [0.15, 0.2) is 17.3 Å². The number of nitrogens with zero attached hydrogens (tertiary/aromatic N) is 3. The molecule has 162 valence electrons. The van der Waals surface area contributed by atoms with E-state index in [4.69, 9.17) is 15.2 Å². The number of para-hydroxylation sites is 2. The molecule has 31 heavy (non-hydrogen) atoms. The fraction of sp³-hybridized carbons (Fsp3) is 0.391. The van der Waals surface area contributed by atoms with E-state index >= 15 is 0 Å². The van der Waals surface area contributed by atoms with Crippen LogP contribution >= 0.6 is 0 Å². The largest absolute Gasteiger partial charge is 0.472 e. The average Bonchev–Trinajstić information content (AvgIpc) is 3.34. The highest BCUT2D eigenvalue weighted by atomic mass is 16.6. The molecule has 0 bridgehead atoms. The van der Waals surface area contributed by atoms with E-state index in [2.05, 4.69) is 51.8 Å². The van der Waals surface area contributed by atoms with Gasteiger partial charge in [-0.3, -0.25) is 10.5 Å². The maximum Gasteiger partial charge on any atom is 0.267 e. The van der Waals surface area contributed by atoms with Crippen LogP contribution in [0.4, 0.5) is 0 Å². The van der Waals surface area contributed by atoms with Crippen LogP contribution in [-0.4, -0.2) is 32.5 Å². The van der Waals surface area contributed by atoms with Gasteiger partial charge in [0.1, 0.15) is 0 Å². The van der Waals surface area contributed by atoms with E-state index in [1.54, 1.807) is 18.2 Å². The van der Waals surface area contributed by atoms with Gasteiger partial charge in [0.2, 0.25) is 11.9 Å². The summed E-state index contributed by atoms with van der Waals surface area (Å²) in [7, 11) is 0. The molecule has 4 rings (SSSR count). The summed E-state index contributed by atoms with van der Waals surface area (Å²) in [5.41, 5.74) is 7.22. The number of hydrogen-bond acceptors (Lipinski definition) is 7. The first-order valence-electron chi connectivity index (χ1n) is 10.7. The highest BCUT2D eigenvalue weighted by molar-refractivity contribution is 5.85. The number of aromatic amines is 1. The fourth-order valence-corrected chi connectivity index (χ4v) is 3.73. The number of H-pyrrole nitrogens is 1. The van der Waals surface area contributed by atoms with Crippen molar-refractivity contribution >= 4 is 5.78 Å². The second-order valence-electron chi connectivity index (χ2n) is 7.82. The van der Waals surface area contributed by atoms with Crippen molar-refractivity contribution in [3.8, 4) is 11.5 Å². The van der Waals surface area contributed by atoms with Crippen LogP contribution in [0.3, 0.4) is 0 Å². The molecular weight excluding hydrogens is 394 g/mol. The molecule has 0 fully saturated rings. The van der Waals surface area contributed by atoms with Crippen molar-refractivity contribution in [2.45, 2.75) is 57.3 Å². The second-order valence-corrected chi connectivity index (χ2v) is 7.82. The summed E-state index contributed by atoms with van der Waals surface area (Å²) in [5, 5.41) is 13.8. The van der Waals surface area contributed by atoms with Crippen molar-refractivity contribution in [3.63, 3.8) is 0 Å². The van der Waals surface area contributed by atoms with Crippen molar-refractivity contribution in [1.82, 2.24) is 20.6 Å². The summed E-state index contributed by atoms with van der Waals surface area (Å²) < 4.78 is 11.9. The molecule has 2 heterocycles. The Labute approximate surface area is 181 Å². The first kappa shape index (κ1) is 21.0. The summed E-state index contributed by atoms with van der Waals surface area (Å²) in [6.45, 7) is 2.20. The van der Waals surface area contributed by atoms with Crippen molar-refractivity contribution in [1.29, 1.82) is 0 Å². The van der Waals surface area contributed by atoms with Crippen molar-refractivity contribution in [3.05, 3.63) is 65.5 Å². The number of hydrogen-bond donors (Lipinski definition) is 2. The fourth-order valence-electron chi connectivity index (χ4n) is 3.73. The Kier molecular flexibility index (Phi) is 6.27. The number of nitrogens with one attached hydrogen (secondary N) is 1. The Balaban J connectivity index is 1.46. The zero-order chi connectivity index (χ0) is 21.7. The number of Topliss-reactive ketones (excluding diaryl/α,β-unsaturated/α-hetero) is 1. The van der Waals surface area contributed by atoms with Crippen LogP contribution in [0.25, 0.3) is 0 Å². The number of rotatable bonds is 9. The summed E-state index contributed by atoms with van der Waals surface area (Å²) in [5.74, 6) is 0.768. The number of tetrazole rings is 1. The zero-order valence-corrected chi connectivity index (χ0v) is 17.6. The minimum absolute atomic E-state index is 0.0665.